The minimum Gasteiger partial charge on any atom is -0.497 e. The largest absolute Gasteiger partial charge is 0.497 e. The lowest BCUT2D eigenvalue weighted by Crippen LogP contribution is -2.38. The fourth-order valence-corrected chi connectivity index (χ4v) is 2.52. The minimum atomic E-state index is -0.778. The molecule has 0 atom stereocenters. The maximum Gasteiger partial charge on any atom is 0.333 e. The van der Waals surface area contributed by atoms with Gasteiger partial charge in [0.05, 0.1) is 12.8 Å². The van der Waals surface area contributed by atoms with Crippen molar-refractivity contribution in [2.24, 2.45) is 5.73 Å². The SMILES string of the molecule is COc1ccc(-n2c(=O)[nH]cc(C(=O)Nc3ccc(C(N)=O)cc3)c2=O)cc1. The van der Waals surface area contributed by atoms with Crippen molar-refractivity contribution in [2.45, 2.75) is 0 Å². The second kappa shape index (κ2) is 7.62. The van der Waals surface area contributed by atoms with Crippen LogP contribution in [0.25, 0.3) is 5.69 Å². The highest BCUT2D eigenvalue weighted by atomic mass is 16.5. The predicted molar refractivity (Wildman–Crippen MR) is 102 cm³/mol. The Balaban J connectivity index is 1.93. The molecule has 142 valence electrons. The number of anilines is 1. The number of H-pyrrole nitrogens is 1. The molecular weight excluding hydrogens is 364 g/mol. The molecule has 2 aromatic carbocycles. The second-order valence-corrected chi connectivity index (χ2v) is 5.74. The van der Waals surface area contributed by atoms with Gasteiger partial charge in [-0.15, -0.1) is 0 Å². The molecule has 3 aromatic rings. The Bertz CT molecular complexity index is 1140. The van der Waals surface area contributed by atoms with E-state index in [9.17, 15) is 19.2 Å². The summed E-state index contributed by atoms with van der Waals surface area (Å²) in [6.07, 6.45) is 1.05. The van der Waals surface area contributed by atoms with Gasteiger partial charge in [-0.2, -0.15) is 0 Å². The van der Waals surface area contributed by atoms with Gasteiger partial charge in [0, 0.05) is 17.4 Å². The molecule has 0 saturated carbocycles. The number of primary amides is 1. The predicted octanol–water partition coefficient (Wildman–Crippen LogP) is 0.886. The van der Waals surface area contributed by atoms with Gasteiger partial charge in [-0.05, 0) is 48.5 Å². The monoisotopic (exact) mass is 380 g/mol. The highest BCUT2D eigenvalue weighted by Gasteiger charge is 2.16. The van der Waals surface area contributed by atoms with Crippen molar-refractivity contribution < 1.29 is 14.3 Å². The van der Waals surface area contributed by atoms with Crippen LogP contribution in [0.1, 0.15) is 20.7 Å². The lowest BCUT2D eigenvalue weighted by atomic mass is 10.2. The molecule has 0 aliphatic rings. The summed E-state index contributed by atoms with van der Waals surface area (Å²) in [5.41, 5.74) is 4.38. The van der Waals surface area contributed by atoms with Crippen LogP contribution in [-0.4, -0.2) is 28.5 Å². The standard InChI is InChI=1S/C19H16N4O5/c1-28-14-8-6-13(7-9-14)23-18(26)15(10-21-19(23)27)17(25)22-12-4-2-11(3-5-12)16(20)24/h2-10H,1H3,(H2,20,24)(H,21,27)(H,22,25). The Morgan fingerprint density at radius 3 is 2.25 bits per heavy atom. The zero-order chi connectivity index (χ0) is 20.3. The van der Waals surface area contributed by atoms with Gasteiger partial charge >= 0.3 is 5.69 Å². The van der Waals surface area contributed by atoms with E-state index >= 15 is 0 Å². The van der Waals surface area contributed by atoms with Crippen molar-refractivity contribution in [3.05, 3.63) is 86.7 Å². The Hall–Kier alpha value is -4.14. The first-order valence-electron chi connectivity index (χ1n) is 8.11. The van der Waals surface area contributed by atoms with E-state index in [0.717, 1.165) is 10.8 Å². The van der Waals surface area contributed by atoms with Gasteiger partial charge in [0.2, 0.25) is 5.91 Å². The number of nitrogens with zero attached hydrogens (tertiary/aromatic N) is 1. The van der Waals surface area contributed by atoms with Crippen LogP contribution in [0.4, 0.5) is 5.69 Å². The van der Waals surface area contributed by atoms with E-state index in [-0.39, 0.29) is 16.8 Å². The highest BCUT2D eigenvalue weighted by Crippen LogP contribution is 2.13. The molecular formula is C19H16N4O5. The van der Waals surface area contributed by atoms with Crippen molar-refractivity contribution in [3.63, 3.8) is 0 Å². The molecule has 0 radical (unpaired) electrons. The maximum absolute atomic E-state index is 12.7. The molecule has 0 fully saturated rings. The summed E-state index contributed by atoms with van der Waals surface area (Å²) in [6, 6.07) is 12.1. The number of amides is 2. The number of hydrogen-bond acceptors (Lipinski definition) is 5. The molecule has 0 spiro atoms. The van der Waals surface area contributed by atoms with E-state index in [1.54, 1.807) is 12.1 Å². The smallest absolute Gasteiger partial charge is 0.333 e. The van der Waals surface area contributed by atoms with E-state index in [0.29, 0.717) is 11.4 Å². The molecule has 1 aromatic heterocycles. The number of carbonyl (C=O) groups excluding carboxylic acids is 2. The first-order chi connectivity index (χ1) is 13.4. The zero-order valence-electron chi connectivity index (χ0n) is 14.8. The lowest BCUT2D eigenvalue weighted by molar-refractivity contribution is 0.0998. The number of nitrogens with two attached hydrogens (primary N) is 1. The van der Waals surface area contributed by atoms with Gasteiger partial charge in [-0.1, -0.05) is 0 Å². The summed E-state index contributed by atoms with van der Waals surface area (Å²) in [4.78, 5) is 50.8. The average molecular weight is 380 g/mol. The van der Waals surface area contributed by atoms with Gasteiger partial charge in [-0.3, -0.25) is 14.4 Å². The first kappa shape index (κ1) is 18.6. The molecule has 0 bridgehead atoms. The highest BCUT2D eigenvalue weighted by molar-refractivity contribution is 6.04. The van der Waals surface area contributed by atoms with E-state index in [2.05, 4.69) is 10.3 Å². The number of methoxy groups -OCH3 is 1. The summed E-state index contributed by atoms with van der Waals surface area (Å²) in [5, 5.41) is 2.54. The van der Waals surface area contributed by atoms with Crippen molar-refractivity contribution in [1.29, 1.82) is 0 Å². The third kappa shape index (κ3) is 3.68. The van der Waals surface area contributed by atoms with Gasteiger partial charge in [0.25, 0.3) is 11.5 Å². The van der Waals surface area contributed by atoms with E-state index in [4.69, 9.17) is 10.5 Å². The van der Waals surface area contributed by atoms with Crippen LogP contribution in [0.2, 0.25) is 0 Å². The van der Waals surface area contributed by atoms with Crippen LogP contribution in [0.3, 0.4) is 0 Å². The number of aromatic amines is 1. The van der Waals surface area contributed by atoms with Crippen LogP contribution in [0, 0.1) is 0 Å². The number of aromatic nitrogens is 2. The van der Waals surface area contributed by atoms with Crippen molar-refractivity contribution in [3.8, 4) is 11.4 Å². The summed E-state index contributed by atoms with van der Waals surface area (Å²) in [6.45, 7) is 0. The van der Waals surface area contributed by atoms with Crippen LogP contribution in [-0.2, 0) is 0 Å². The minimum absolute atomic E-state index is 0.255. The lowest BCUT2D eigenvalue weighted by Gasteiger charge is -2.09. The molecule has 2 amide bonds. The van der Waals surface area contributed by atoms with Crippen LogP contribution in [0.15, 0.2) is 64.3 Å². The third-order valence-corrected chi connectivity index (χ3v) is 3.98. The third-order valence-electron chi connectivity index (χ3n) is 3.98. The van der Waals surface area contributed by atoms with Gasteiger partial charge in [-0.25, -0.2) is 9.36 Å². The molecule has 9 nitrogen and oxygen atoms in total. The van der Waals surface area contributed by atoms with Crippen LogP contribution in [0.5, 0.6) is 5.75 Å². The summed E-state index contributed by atoms with van der Waals surface area (Å²) >= 11 is 0. The number of carbonyl (C=O) groups is 2. The number of hydrogen-bond donors (Lipinski definition) is 3. The first-order valence-corrected chi connectivity index (χ1v) is 8.11. The van der Waals surface area contributed by atoms with Crippen molar-refractivity contribution in [1.82, 2.24) is 9.55 Å². The Morgan fingerprint density at radius 2 is 1.68 bits per heavy atom. The summed E-state index contributed by atoms with van der Waals surface area (Å²) < 4.78 is 5.90. The number of rotatable bonds is 5. The van der Waals surface area contributed by atoms with E-state index in [1.165, 1.54) is 43.5 Å². The average Bonchev–Trinajstić information content (AvgIpc) is 2.69. The van der Waals surface area contributed by atoms with Gasteiger partial charge < -0.3 is 20.8 Å². The molecule has 1 heterocycles. The Labute approximate surface area is 158 Å². The fourth-order valence-electron chi connectivity index (χ4n) is 2.52. The Morgan fingerprint density at radius 1 is 1.04 bits per heavy atom. The maximum atomic E-state index is 12.7. The van der Waals surface area contributed by atoms with Crippen LogP contribution >= 0.6 is 0 Å². The summed E-state index contributed by atoms with van der Waals surface area (Å²) in [7, 11) is 1.49. The molecule has 4 N–H and O–H groups in total. The number of ether oxygens (including phenoxy) is 1. The normalized spacial score (nSPS) is 10.3. The van der Waals surface area contributed by atoms with Gasteiger partial charge in [0.1, 0.15) is 11.3 Å². The quantitative estimate of drug-likeness (QED) is 0.604. The topological polar surface area (TPSA) is 136 Å². The Kier molecular flexibility index (Phi) is 5.07. The molecule has 0 aliphatic heterocycles. The number of nitrogens with one attached hydrogen (secondary N) is 2. The molecule has 3 rings (SSSR count). The molecule has 9 heteroatoms. The van der Waals surface area contributed by atoms with Crippen LogP contribution < -0.4 is 27.0 Å². The molecule has 0 aliphatic carbocycles. The van der Waals surface area contributed by atoms with Crippen molar-refractivity contribution >= 4 is 17.5 Å². The molecule has 28 heavy (non-hydrogen) atoms. The molecule has 0 unspecified atom stereocenters. The van der Waals surface area contributed by atoms with Gasteiger partial charge in [0.15, 0.2) is 0 Å². The van der Waals surface area contributed by atoms with E-state index in [1.807, 2.05) is 0 Å². The van der Waals surface area contributed by atoms with E-state index < -0.39 is 23.1 Å². The fraction of sp³-hybridized carbons (Fsp3) is 0.0526. The second-order valence-electron chi connectivity index (χ2n) is 5.74. The summed E-state index contributed by atoms with van der Waals surface area (Å²) in [5.74, 6) is -0.752. The number of benzene rings is 2. The zero-order valence-corrected chi connectivity index (χ0v) is 14.8. The van der Waals surface area contributed by atoms with Crippen molar-refractivity contribution in [2.75, 3.05) is 12.4 Å². The molecule has 0 saturated heterocycles.